The van der Waals surface area contributed by atoms with E-state index >= 15 is 0 Å². The van der Waals surface area contributed by atoms with E-state index in [-0.39, 0.29) is 11.6 Å². The lowest BCUT2D eigenvalue weighted by atomic mass is 9.53. The zero-order valence-corrected chi connectivity index (χ0v) is 14.8. The minimum Gasteiger partial charge on any atom is -0.305 e. The number of nitrogens with one attached hydrogen (secondary N) is 1. The summed E-state index contributed by atoms with van der Waals surface area (Å²) in [5.41, 5.74) is 0.157. The molecule has 27 heavy (non-hydrogen) atoms. The third kappa shape index (κ3) is 2.29. The molecule has 4 nitrogen and oxygen atoms in total. The predicted octanol–water partition coefficient (Wildman–Crippen LogP) is 4.86. The molecular weight excluding hydrogens is 332 g/mol. The fourth-order valence-corrected chi connectivity index (χ4v) is 4.87. The molecule has 0 bridgehead atoms. The van der Waals surface area contributed by atoms with Crippen molar-refractivity contribution in [3.8, 4) is 18.2 Å². The van der Waals surface area contributed by atoms with Crippen molar-refractivity contribution in [2.45, 2.75) is 25.2 Å². The number of nitrogens with zero attached hydrogens (tertiary/aromatic N) is 3. The van der Waals surface area contributed by atoms with Gasteiger partial charge in [-0.1, -0.05) is 48.5 Å². The molecule has 130 valence electrons. The smallest absolute Gasteiger partial charge is 0.189 e. The van der Waals surface area contributed by atoms with Gasteiger partial charge in [-0.25, -0.2) is 0 Å². The van der Waals surface area contributed by atoms with Crippen LogP contribution in [0.2, 0.25) is 0 Å². The molecule has 0 saturated heterocycles. The average Bonchev–Trinajstić information content (AvgIpc) is 2.73. The second-order valence-corrected chi connectivity index (χ2v) is 7.29. The third-order valence-electron chi connectivity index (χ3n) is 6.08. The van der Waals surface area contributed by atoms with Crippen LogP contribution in [0.1, 0.15) is 30.7 Å². The maximum atomic E-state index is 10.1. The number of fused-ring (bicyclic) bond motifs is 2. The first kappa shape index (κ1) is 17.0. The van der Waals surface area contributed by atoms with Crippen LogP contribution in [-0.4, -0.2) is 5.71 Å². The van der Waals surface area contributed by atoms with Crippen LogP contribution in [0.5, 0.6) is 0 Å². The van der Waals surface area contributed by atoms with E-state index in [0.29, 0.717) is 0 Å². The van der Waals surface area contributed by atoms with Crippen molar-refractivity contribution in [2.24, 2.45) is 17.3 Å². The molecule has 2 aliphatic rings. The summed E-state index contributed by atoms with van der Waals surface area (Å²) < 4.78 is 0. The van der Waals surface area contributed by atoms with Crippen molar-refractivity contribution in [1.29, 1.82) is 21.2 Å². The first-order chi connectivity index (χ1) is 13.2. The van der Waals surface area contributed by atoms with Crippen LogP contribution < -0.4 is 0 Å². The van der Waals surface area contributed by atoms with Gasteiger partial charge in [0, 0.05) is 5.92 Å². The topological polar surface area (TPSA) is 95.2 Å². The lowest BCUT2D eigenvalue weighted by Gasteiger charge is -2.46. The number of nitriles is 3. The lowest BCUT2D eigenvalue weighted by Crippen LogP contribution is -2.48. The quantitative estimate of drug-likeness (QED) is 0.744. The van der Waals surface area contributed by atoms with E-state index in [2.05, 4.69) is 24.3 Å². The zero-order valence-electron chi connectivity index (χ0n) is 14.8. The van der Waals surface area contributed by atoms with Gasteiger partial charge in [0.1, 0.15) is 5.92 Å². The highest BCUT2D eigenvalue weighted by Crippen LogP contribution is 2.56. The Kier molecular flexibility index (Phi) is 4.02. The molecule has 0 radical (unpaired) electrons. The van der Waals surface area contributed by atoms with Gasteiger partial charge >= 0.3 is 0 Å². The van der Waals surface area contributed by atoms with Crippen molar-refractivity contribution < 1.29 is 0 Å². The summed E-state index contributed by atoms with van der Waals surface area (Å²) in [5, 5.41) is 40.6. The second kappa shape index (κ2) is 6.39. The normalized spacial score (nSPS) is 26.2. The van der Waals surface area contributed by atoms with Crippen LogP contribution in [0.15, 0.2) is 54.1 Å². The van der Waals surface area contributed by atoms with Gasteiger partial charge < -0.3 is 5.41 Å². The van der Waals surface area contributed by atoms with Gasteiger partial charge in [-0.15, -0.1) is 0 Å². The summed E-state index contributed by atoms with van der Waals surface area (Å²) in [7, 11) is 0. The molecule has 0 spiro atoms. The summed E-state index contributed by atoms with van der Waals surface area (Å²) in [5.74, 6) is -1.29. The van der Waals surface area contributed by atoms with Crippen LogP contribution in [0.4, 0.5) is 0 Å². The van der Waals surface area contributed by atoms with E-state index in [0.717, 1.165) is 41.2 Å². The Bertz CT molecular complexity index is 1070. The molecule has 2 aromatic rings. The molecule has 0 heterocycles. The van der Waals surface area contributed by atoms with Crippen molar-refractivity contribution in [3.63, 3.8) is 0 Å². The van der Waals surface area contributed by atoms with Crippen LogP contribution in [0.3, 0.4) is 0 Å². The van der Waals surface area contributed by atoms with Crippen LogP contribution in [0.25, 0.3) is 10.8 Å². The molecule has 2 aromatic carbocycles. The fourth-order valence-electron chi connectivity index (χ4n) is 4.87. The molecule has 0 aromatic heterocycles. The van der Waals surface area contributed by atoms with Gasteiger partial charge in [-0.2, -0.15) is 15.8 Å². The number of benzene rings is 2. The van der Waals surface area contributed by atoms with Crippen molar-refractivity contribution in [2.75, 3.05) is 0 Å². The molecule has 4 rings (SSSR count). The van der Waals surface area contributed by atoms with E-state index < -0.39 is 17.3 Å². The highest BCUT2D eigenvalue weighted by Gasteiger charge is 2.57. The van der Waals surface area contributed by atoms with Gasteiger partial charge in [0.15, 0.2) is 5.41 Å². The number of hydrogen-bond acceptors (Lipinski definition) is 4. The Morgan fingerprint density at radius 1 is 1.00 bits per heavy atom. The van der Waals surface area contributed by atoms with Crippen molar-refractivity contribution in [1.82, 2.24) is 0 Å². The average molecular weight is 350 g/mol. The van der Waals surface area contributed by atoms with E-state index in [4.69, 9.17) is 5.41 Å². The second-order valence-electron chi connectivity index (χ2n) is 7.29. The van der Waals surface area contributed by atoms with E-state index in [1.165, 1.54) is 0 Å². The SMILES string of the molecule is N#C[C@H]1C(=N)C(C#N)(C#N)[C@@H](c2cccc3ccccc23)[C@@H]2CCCC=C12. The van der Waals surface area contributed by atoms with Crippen LogP contribution in [-0.2, 0) is 0 Å². The Balaban J connectivity index is 2.04. The van der Waals surface area contributed by atoms with Crippen LogP contribution in [0, 0.1) is 56.7 Å². The largest absolute Gasteiger partial charge is 0.305 e. The Morgan fingerprint density at radius 3 is 2.48 bits per heavy atom. The summed E-state index contributed by atoms with van der Waals surface area (Å²) >= 11 is 0. The summed E-state index contributed by atoms with van der Waals surface area (Å²) in [4.78, 5) is 0. The molecule has 0 aliphatic heterocycles. The first-order valence-electron chi connectivity index (χ1n) is 9.16. The van der Waals surface area contributed by atoms with Gasteiger partial charge in [0.25, 0.3) is 0 Å². The minimum atomic E-state index is -1.62. The predicted molar refractivity (Wildman–Crippen MR) is 103 cm³/mol. The lowest BCUT2D eigenvalue weighted by molar-refractivity contribution is 0.322. The van der Waals surface area contributed by atoms with Gasteiger partial charge in [0.05, 0.1) is 23.9 Å². The molecule has 3 atom stereocenters. The third-order valence-corrected chi connectivity index (χ3v) is 6.08. The highest BCUT2D eigenvalue weighted by molar-refractivity contribution is 6.01. The van der Waals surface area contributed by atoms with Crippen molar-refractivity contribution >= 4 is 16.5 Å². The van der Waals surface area contributed by atoms with Gasteiger partial charge in [0.2, 0.25) is 0 Å². The molecule has 1 fully saturated rings. The number of hydrogen-bond donors (Lipinski definition) is 1. The van der Waals surface area contributed by atoms with Gasteiger partial charge in [-0.3, -0.25) is 0 Å². The summed E-state index contributed by atoms with van der Waals surface area (Å²) in [6.07, 6.45) is 4.74. The van der Waals surface area contributed by atoms with Crippen LogP contribution >= 0.6 is 0 Å². The highest BCUT2D eigenvalue weighted by atomic mass is 14.6. The standard InChI is InChI=1S/C23H18N4/c24-12-20-17-9-3-4-10-19(17)21(23(13-25,14-26)22(20)27)18-11-5-7-15-6-1-2-8-16(15)18/h1-2,5-9,11,19-21,27H,3-4,10H2/t19-,20-,21+/m1/s1. The molecule has 2 aliphatic carbocycles. The molecule has 0 amide bonds. The Labute approximate surface area is 158 Å². The number of allylic oxidation sites excluding steroid dienone is 2. The zero-order chi connectivity index (χ0) is 19.0. The van der Waals surface area contributed by atoms with Gasteiger partial charge in [-0.05, 0) is 47.1 Å². The number of rotatable bonds is 1. The first-order valence-corrected chi connectivity index (χ1v) is 9.16. The molecule has 4 heteroatoms. The molecule has 1 saturated carbocycles. The summed E-state index contributed by atoms with van der Waals surface area (Å²) in [6.45, 7) is 0. The molecule has 1 N–H and O–H groups in total. The van der Waals surface area contributed by atoms with E-state index in [9.17, 15) is 15.8 Å². The minimum absolute atomic E-state index is 0.0670. The van der Waals surface area contributed by atoms with E-state index in [1.54, 1.807) is 0 Å². The molecular formula is C23H18N4. The summed E-state index contributed by atoms with van der Waals surface area (Å²) in [6, 6.07) is 20.4. The monoisotopic (exact) mass is 350 g/mol. The maximum Gasteiger partial charge on any atom is 0.189 e. The fraction of sp³-hybridized carbons (Fsp3) is 0.304. The van der Waals surface area contributed by atoms with E-state index in [1.807, 2.05) is 42.5 Å². The Morgan fingerprint density at radius 2 is 1.74 bits per heavy atom. The molecule has 0 unspecified atom stereocenters. The Hall–Kier alpha value is -3.42. The van der Waals surface area contributed by atoms with Crippen molar-refractivity contribution in [3.05, 3.63) is 59.7 Å². The maximum absolute atomic E-state index is 10.1.